The van der Waals surface area contributed by atoms with Crippen LogP contribution in [0.15, 0.2) is 35.3 Å². The highest BCUT2D eigenvalue weighted by Crippen LogP contribution is 2.22. The summed E-state index contributed by atoms with van der Waals surface area (Å²) in [4.78, 5) is 28.0. The summed E-state index contributed by atoms with van der Waals surface area (Å²) in [6.07, 6.45) is 2.55. The zero-order valence-corrected chi connectivity index (χ0v) is 12.8. The van der Waals surface area contributed by atoms with Crippen molar-refractivity contribution in [1.82, 2.24) is 14.5 Å². The van der Waals surface area contributed by atoms with E-state index in [9.17, 15) is 14.0 Å². The van der Waals surface area contributed by atoms with Crippen LogP contribution in [0.25, 0.3) is 0 Å². The van der Waals surface area contributed by atoms with Gasteiger partial charge in [-0.15, -0.1) is 0 Å². The summed E-state index contributed by atoms with van der Waals surface area (Å²) in [5.74, 6) is -0.325. The van der Waals surface area contributed by atoms with E-state index in [1.807, 2.05) is 0 Å². The number of piperidine rings is 1. The van der Waals surface area contributed by atoms with Gasteiger partial charge in [0.05, 0.1) is 0 Å². The van der Waals surface area contributed by atoms with Crippen molar-refractivity contribution >= 4 is 5.91 Å². The number of rotatable bonds is 3. The van der Waals surface area contributed by atoms with Crippen LogP contribution in [-0.4, -0.2) is 39.6 Å². The molecule has 3 rings (SSSR count). The molecule has 1 aliphatic rings. The predicted molar refractivity (Wildman–Crippen MR) is 82.0 cm³/mol. The number of benzene rings is 1. The highest BCUT2D eigenvalue weighted by molar-refractivity contribution is 5.92. The molecule has 0 saturated carbocycles. The Morgan fingerprint density at radius 2 is 2.00 bits per heavy atom. The number of carbonyl (C=O) groups is 1. The molecule has 1 saturated heterocycles. The van der Waals surface area contributed by atoms with Crippen molar-refractivity contribution in [3.63, 3.8) is 0 Å². The summed E-state index contributed by atoms with van der Waals surface area (Å²) in [7, 11) is 1.56. The minimum absolute atomic E-state index is 0.119. The number of carbonyl (C=O) groups excluding carboxylic acids is 1. The van der Waals surface area contributed by atoms with Crippen molar-refractivity contribution < 1.29 is 13.9 Å². The van der Waals surface area contributed by atoms with E-state index in [1.165, 1.54) is 16.8 Å². The summed E-state index contributed by atoms with van der Waals surface area (Å²) in [5.41, 5.74) is 0.0228. The first-order chi connectivity index (χ1) is 11.1. The van der Waals surface area contributed by atoms with Crippen LogP contribution >= 0.6 is 0 Å². The number of aromatic nitrogens is 2. The van der Waals surface area contributed by atoms with Gasteiger partial charge in [-0.25, -0.2) is 9.18 Å². The first kappa shape index (κ1) is 15.3. The van der Waals surface area contributed by atoms with Crippen molar-refractivity contribution in [2.24, 2.45) is 7.05 Å². The SMILES string of the molecule is Cn1c(C(=O)N2CCC(Oc3ccccc3F)CC2)c[nH]c1=O. The second kappa shape index (κ2) is 6.28. The van der Waals surface area contributed by atoms with Crippen molar-refractivity contribution in [2.45, 2.75) is 18.9 Å². The third-order valence-corrected chi connectivity index (χ3v) is 4.08. The highest BCUT2D eigenvalue weighted by Gasteiger charge is 2.26. The second-order valence-electron chi connectivity index (χ2n) is 5.58. The van der Waals surface area contributed by atoms with Gasteiger partial charge in [0, 0.05) is 39.2 Å². The van der Waals surface area contributed by atoms with Crippen LogP contribution in [0.5, 0.6) is 5.75 Å². The zero-order valence-electron chi connectivity index (χ0n) is 12.8. The third kappa shape index (κ3) is 3.13. The Balaban J connectivity index is 1.60. The maximum Gasteiger partial charge on any atom is 0.325 e. The minimum Gasteiger partial charge on any atom is -0.487 e. The molecule has 1 amide bonds. The van der Waals surface area contributed by atoms with Gasteiger partial charge in [-0.1, -0.05) is 12.1 Å². The lowest BCUT2D eigenvalue weighted by atomic mass is 10.1. The average Bonchev–Trinajstić information content (AvgIpc) is 2.89. The third-order valence-electron chi connectivity index (χ3n) is 4.08. The molecule has 0 spiro atoms. The van der Waals surface area contributed by atoms with Gasteiger partial charge in [-0.05, 0) is 12.1 Å². The molecule has 1 aliphatic heterocycles. The van der Waals surface area contributed by atoms with E-state index < -0.39 is 0 Å². The lowest BCUT2D eigenvalue weighted by Crippen LogP contribution is -2.42. The standard InChI is InChI=1S/C16H18FN3O3/c1-19-13(10-18-16(19)22)15(21)20-8-6-11(7-9-20)23-14-5-3-2-4-12(14)17/h2-5,10-11H,6-9H2,1H3,(H,18,22). The number of ether oxygens (including phenoxy) is 1. The maximum absolute atomic E-state index is 13.6. The van der Waals surface area contributed by atoms with E-state index in [1.54, 1.807) is 30.1 Å². The molecule has 2 aromatic rings. The lowest BCUT2D eigenvalue weighted by Gasteiger charge is -2.32. The molecule has 0 atom stereocenters. The number of nitrogens with one attached hydrogen (secondary N) is 1. The number of halogens is 1. The van der Waals surface area contributed by atoms with Gasteiger partial charge < -0.3 is 14.6 Å². The predicted octanol–water partition coefficient (Wildman–Crippen LogP) is 1.54. The van der Waals surface area contributed by atoms with Gasteiger partial charge in [0.2, 0.25) is 0 Å². The van der Waals surface area contributed by atoms with Gasteiger partial charge in [-0.2, -0.15) is 0 Å². The van der Waals surface area contributed by atoms with Crippen LogP contribution < -0.4 is 10.4 Å². The first-order valence-electron chi connectivity index (χ1n) is 7.51. The number of aromatic amines is 1. The quantitative estimate of drug-likeness (QED) is 0.933. The molecule has 1 aromatic carbocycles. The van der Waals surface area contributed by atoms with Crippen LogP contribution in [0.2, 0.25) is 0 Å². The number of nitrogens with zero attached hydrogens (tertiary/aromatic N) is 2. The summed E-state index contributed by atoms with van der Waals surface area (Å²) in [6, 6.07) is 6.30. The van der Waals surface area contributed by atoms with E-state index in [4.69, 9.17) is 4.74 Å². The molecular formula is C16H18FN3O3. The van der Waals surface area contributed by atoms with Crippen LogP contribution in [0.1, 0.15) is 23.3 Å². The molecule has 0 aliphatic carbocycles. The van der Waals surface area contributed by atoms with Crippen molar-refractivity contribution in [1.29, 1.82) is 0 Å². The first-order valence-corrected chi connectivity index (χ1v) is 7.51. The van der Waals surface area contributed by atoms with E-state index >= 15 is 0 Å². The fourth-order valence-electron chi connectivity index (χ4n) is 2.70. The fourth-order valence-corrected chi connectivity index (χ4v) is 2.70. The molecule has 1 N–H and O–H groups in total. The number of H-pyrrole nitrogens is 1. The van der Waals surface area contributed by atoms with E-state index in [0.29, 0.717) is 31.6 Å². The Hall–Kier alpha value is -2.57. The largest absolute Gasteiger partial charge is 0.487 e. The van der Waals surface area contributed by atoms with Gasteiger partial charge in [0.15, 0.2) is 11.6 Å². The van der Waals surface area contributed by atoms with Crippen LogP contribution in [-0.2, 0) is 7.05 Å². The number of amides is 1. The molecule has 122 valence electrons. The van der Waals surface area contributed by atoms with Crippen molar-refractivity contribution in [2.75, 3.05) is 13.1 Å². The molecule has 1 aromatic heterocycles. The number of hydrogen-bond donors (Lipinski definition) is 1. The van der Waals surface area contributed by atoms with Gasteiger partial charge in [0.25, 0.3) is 5.91 Å². The Kier molecular flexibility index (Phi) is 4.18. The van der Waals surface area contributed by atoms with Crippen LogP contribution in [0.4, 0.5) is 4.39 Å². The number of likely N-dealkylation sites (tertiary alicyclic amines) is 1. The summed E-state index contributed by atoms with van der Waals surface area (Å²) < 4.78 is 20.6. The summed E-state index contributed by atoms with van der Waals surface area (Å²) in [6.45, 7) is 1.02. The molecule has 0 radical (unpaired) electrons. The van der Waals surface area contributed by atoms with Gasteiger partial charge in [0.1, 0.15) is 11.8 Å². The molecule has 2 heterocycles. The molecule has 0 unspecified atom stereocenters. The number of hydrogen-bond acceptors (Lipinski definition) is 3. The monoisotopic (exact) mass is 319 g/mol. The molecular weight excluding hydrogens is 301 g/mol. The lowest BCUT2D eigenvalue weighted by molar-refractivity contribution is 0.0579. The number of imidazole rings is 1. The smallest absolute Gasteiger partial charge is 0.325 e. The summed E-state index contributed by atoms with van der Waals surface area (Å²) in [5, 5.41) is 0. The molecule has 23 heavy (non-hydrogen) atoms. The Morgan fingerprint density at radius 1 is 1.30 bits per heavy atom. The Labute approximate surface area is 132 Å². The van der Waals surface area contributed by atoms with E-state index in [2.05, 4.69) is 4.98 Å². The van der Waals surface area contributed by atoms with Crippen molar-refractivity contribution in [3.8, 4) is 5.75 Å². The molecule has 0 bridgehead atoms. The molecule has 7 heteroatoms. The van der Waals surface area contributed by atoms with Crippen molar-refractivity contribution in [3.05, 3.63) is 52.5 Å². The normalized spacial score (nSPS) is 15.7. The molecule has 1 fully saturated rings. The molecule has 6 nitrogen and oxygen atoms in total. The minimum atomic E-state index is -0.381. The van der Waals surface area contributed by atoms with Crippen LogP contribution in [0.3, 0.4) is 0 Å². The Bertz CT molecular complexity index is 760. The average molecular weight is 319 g/mol. The zero-order chi connectivity index (χ0) is 16.4. The Morgan fingerprint density at radius 3 is 2.61 bits per heavy atom. The van der Waals surface area contributed by atoms with Gasteiger partial charge >= 0.3 is 5.69 Å². The van der Waals surface area contributed by atoms with Crippen LogP contribution in [0, 0.1) is 5.82 Å². The highest BCUT2D eigenvalue weighted by atomic mass is 19.1. The van der Waals surface area contributed by atoms with Gasteiger partial charge in [-0.3, -0.25) is 9.36 Å². The maximum atomic E-state index is 13.6. The fraction of sp³-hybridized carbons (Fsp3) is 0.375. The second-order valence-corrected chi connectivity index (χ2v) is 5.58. The number of para-hydroxylation sites is 1. The topological polar surface area (TPSA) is 67.3 Å². The van der Waals surface area contributed by atoms with E-state index in [0.717, 1.165) is 0 Å². The van der Waals surface area contributed by atoms with E-state index in [-0.39, 0.29) is 29.3 Å². The summed E-state index contributed by atoms with van der Waals surface area (Å²) >= 11 is 0.